The van der Waals surface area contributed by atoms with Gasteiger partial charge in [0.2, 0.25) is 0 Å². The van der Waals surface area contributed by atoms with E-state index in [0.717, 1.165) is 31.9 Å². The maximum absolute atomic E-state index is 13.1. The van der Waals surface area contributed by atoms with Gasteiger partial charge in [-0.1, -0.05) is 62.7 Å². The zero-order valence-electron chi connectivity index (χ0n) is 18.7. The van der Waals surface area contributed by atoms with Gasteiger partial charge in [-0.2, -0.15) is 0 Å². The summed E-state index contributed by atoms with van der Waals surface area (Å²) in [5.41, 5.74) is 4.61. The Morgan fingerprint density at radius 1 is 1.00 bits per heavy atom. The van der Waals surface area contributed by atoms with Gasteiger partial charge in [0.1, 0.15) is 4.83 Å². The molecular weight excluding hydrogens is 460 g/mol. The van der Waals surface area contributed by atoms with Gasteiger partial charge in [0.25, 0.3) is 10.0 Å². The van der Waals surface area contributed by atoms with Crippen LogP contribution < -0.4 is 4.72 Å². The zero-order chi connectivity index (χ0) is 23.3. The highest BCUT2D eigenvalue weighted by atomic mass is 35.5. The molecule has 0 aliphatic carbocycles. The average molecular weight is 485 g/mol. The predicted octanol–water partition coefficient (Wildman–Crippen LogP) is 7.33. The molecular formula is C25H25ClN2O2S2. The largest absolute Gasteiger partial charge is 0.279 e. The van der Waals surface area contributed by atoms with E-state index in [2.05, 4.69) is 54.7 Å². The van der Waals surface area contributed by atoms with Crippen LogP contribution in [0.1, 0.15) is 36.9 Å². The van der Waals surface area contributed by atoms with Crippen molar-refractivity contribution in [2.24, 2.45) is 0 Å². The van der Waals surface area contributed by atoms with Crippen LogP contribution in [0.5, 0.6) is 0 Å². The van der Waals surface area contributed by atoms with E-state index in [4.69, 9.17) is 11.6 Å². The van der Waals surface area contributed by atoms with Gasteiger partial charge >= 0.3 is 0 Å². The van der Waals surface area contributed by atoms with Crippen molar-refractivity contribution >= 4 is 48.9 Å². The minimum atomic E-state index is -3.82. The highest BCUT2D eigenvalue weighted by Gasteiger charge is 2.22. The van der Waals surface area contributed by atoms with Crippen molar-refractivity contribution < 1.29 is 8.42 Å². The molecule has 0 atom stereocenters. The quantitative estimate of drug-likeness (QED) is 0.329. The Morgan fingerprint density at radius 2 is 1.69 bits per heavy atom. The van der Waals surface area contributed by atoms with Gasteiger partial charge < -0.3 is 0 Å². The number of benzene rings is 2. The number of hydrogen-bond donors (Lipinski definition) is 1. The lowest BCUT2D eigenvalue weighted by Crippen LogP contribution is -2.13. The Morgan fingerprint density at radius 3 is 2.31 bits per heavy atom. The second kappa shape index (κ2) is 8.18. The minimum absolute atomic E-state index is 0.0563. The lowest BCUT2D eigenvalue weighted by Gasteiger charge is -2.19. The maximum atomic E-state index is 13.1. The fourth-order valence-electron chi connectivity index (χ4n) is 3.73. The normalized spacial score (nSPS) is 12.3. The van der Waals surface area contributed by atoms with Gasteiger partial charge in [0.05, 0.1) is 10.6 Å². The standard InChI is InChI=1S/C25H25ClN2O2S2/c1-15-13-21(28-32(29,30)20-8-6-7-19(26)14-20)23-22(16(2)31-24(23)27-15)17-9-11-18(12-10-17)25(3,4)5/h6-14H,1-5H3,(H,27,28). The van der Waals surface area contributed by atoms with Crippen LogP contribution in [-0.4, -0.2) is 13.4 Å². The van der Waals surface area contributed by atoms with Crippen LogP contribution >= 0.6 is 22.9 Å². The van der Waals surface area contributed by atoms with Crippen LogP contribution in [0.3, 0.4) is 0 Å². The van der Waals surface area contributed by atoms with E-state index in [1.807, 2.05) is 13.8 Å². The highest BCUT2D eigenvalue weighted by Crippen LogP contribution is 2.42. The molecule has 7 heteroatoms. The smallest absolute Gasteiger partial charge is 0.261 e. The van der Waals surface area contributed by atoms with E-state index in [1.165, 1.54) is 17.7 Å². The van der Waals surface area contributed by atoms with Crippen LogP contribution in [0, 0.1) is 13.8 Å². The Bertz CT molecular complexity index is 1420. The summed E-state index contributed by atoms with van der Waals surface area (Å²) in [5.74, 6) is 0. The summed E-state index contributed by atoms with van der Waals surface area (Å²) in [7, 11) is -3.82. The van der Waals surface area contributed by atoms with E-state index in [0.29, 0.717) is 10.7 Å². The van der Waals surface area contributed by atoms with E-state index in [9.17, 15) is 8.42 Å². The SMILES string of the molecule is Cc1cc(NS(=O)(=O)c2cccc(Cl)c2)c2c(-c3ccc(C(C)(C)C)cc3)c(C)sc2n1. The first-order valence-corrected chi connectivity index (χ1v) is 12.9. The number of pyridine rings is 1. The Labute approximate surface area is 198 Å². The number of aromatic nitrogens is 1. The molecule has 0 aliphatic rings. The van der Waals surface area contributed by atoms with Crippen LogP contribution in [0.15, 0.2) is 59.5 Å². The lowest BCUT2D eigenvalue weighted by molar-refractivity contribution is 0.590. The topological polar surface area (TPSA) is 59.1 Å². The molecule has 0 bridgehead atoms. The molecule has 32 heavy (non-hydrogen) atoms. The van der Waals surface area contributed by atoms with Crippen LogP contribution in [-0.2, 0) is 15.4 Å². The summed E-state index contributed by atoms with van der Waals surface area (Å²) in [4.78, 5) is 6.69. The fraction of sp³-hybridized carbons (Fsp3) is 0.240. The first-order valence-electron chi connectivity index (χ1n) is 10.3. The molecule has 2 heterocycles. The van der Waals surface area contributed by atoms with Crippen molar-refractivity contribution in [3.05, 3.63) is 75.8 Å². The second-order valence-corrected chi connectivity index (χ2v) is 12.2. The molecule has 0 fully saturated rings. The average Bonchev–Trinajstić information content (AvgIpc) is 3.03. The van der Waals surface area contributed by atoms with Crippen molar-refractivity contribution in [3.8, 4) is 11.1 Å². The molecule has 2 aromatic carbocycles. The second-order valence-electron chi connectivity index (χ2n) is 8.91. The van der Waals surface area contributed by atoms with E-state index >= 15 is 0 Å². The van der Waals surface area contributed by atoms with Crippen LogP contribution in [0.25, 0.3) is 21.3 Å². The first-order chi connectivity index (χ1) is 15.0. The number of halogens is 1. The molecule has 0 saturated heterocycles. The number of aryl methyl sites for hydroxylation is 2. The Kier molecular flexibility index (Phi) is 5.82. The summed E-state index contributed by atoms with van der Waals surface area (Å²) in [6.45, 7) is 10.5. The van der Waals surface area contributed by atoms with Crippen molar-refractivity contribution in [1.82, 2.24) is 4.98 Å². The number of rotatable bonds is 4. The Balaban J connectivity index is 1.87. The van der Waals surface area contributed by atoms with Crippen LogP contribution in [0.2, 0.25) is 5.02 Å². The highest BCUT2D eigenvalue weighted by molar-refractivity contribution is 7.92. The van der Waals surface area contributed by atoms with E-state index in [-0.39, 0.29) is 10.3 Å². The van der Waals surface area contributed by atoms with Crippen molar-refractivity contribution in [2.45, 2.75) is 44.9 Å². The summed E-state index contributed by atoms with van der Waals surface area (Å²) in [6.07, 6.45) is 0. The van der Waals surface area contributed by atoms with Crippen molar-refractivity contribution in [3.63, 3.8) is 0 Å². The third-order valence-corrected chi connectivity index (χ3v) is 7.95. The number of fused-ring (bicyclic) bond motifs is 1. The number of hydrogen-bond acceptors (Lipinski definition) is 4. The molecule has 4 aromatic rings. The Hall–Kier alpha value is -2.41. The van der Waals surface area contributed by atoms with E-state index < -0.39 is 10.0 Å². The maximum Gasteiger partial charge on any atom is 0.261 e. The number of sulfonamides is 1. The van der Waals surface area contributed by atoms with Gasteiger partial charge in [-0.25, -0.2) is 13.4 Å². The minimum Gasteiger partial charge on any atom is -0.279 e. The third-order valence-electron chi connectivity index (χ3n) is 5.36. The van der Waals surface area contributed by atoms with Gasteiger partial charge in [-0.15, -0.1) is 11.3 Å². The number of nitrogens with zero attached hydrogens (tertiary/aromatic N) is 1. The number of nitrogens with one attached hydrogen (secondary N) is 1. The molecule has 1 N–H and O–H groups in total. The summed E-state index contributed by atoms with van der Waals surface area (Å²) >= 11 is 7.60. The molecule has 2 aromatic heterocycles. The van der Waals surface area contributed by atoms with Crippen molar-refractivity contribution in [1.29, 1.82) is 0 Å². The zero-order valence-corrected chi connectivity index (χ0v) is 21.0. The molecule has 0 radical (unpaired) electrons. The number of anilines is 1. The molecule has 4 nitrogen and oxygen atoms in total. The summed E-state index contributed by atoms with van der Waals surface area (Å²) < 4.78 is 29.0. The number of thiophene rings is 1. The molecule has 4 rings (SSSR count). The van der Waals surface area contributed by atoms with Crippen molar-refractivity contribution in [2.75, 3.05) is 4.72 Å². The molecule has 0 unspecified atom stereocenters. The molecule has 166 valence electrons. The third kappa shape index (κ3) is 4.40. The van der Waals surface area contributed by atoms with Crippen LogP contribution in [0.4, 0.5) is 5.69 Å². The van der Waals surface area contributed by atoms with Gasteiger partial charge in [-0.3, -0.25) is 4.72 Å². The molecule has 0 saturated carbocycles. The summed E-state index contributed by atoms with van der Waals surface area (Å²) in [6, 6.07) is 16.5. The monoisotopic (exact) mass is 484 g/mol. The van der Waals surface area contributed by atoms with Gasteiger partial charge in [-0.05, 0) is 54.7 Å². The predicted molar refractivity (Wildman–Crippen MR) is 135 cm³/mol. The van der Waals surface area contributed by atoms with E-state index in [1.54, 1.807) is 29.5 Å². The lowest BCUT2D eigenvalue weighted by atomic mass is 9.86. The van der Waals surface area contributed by atoms with Gasteiger partial charge in [0.15, 0.2) is 0 Å². The first kappa shape index (κ1) is 22.8. The molecule has 0 spiro atoms. The fourth-order valence-corrected chi connectivity index (χ4v) is 6.21. The molecule has 0 amide bonds. The van der Waals surface area contributed by atoms with Gasteiger partial charge in [0, 0.05) is 26.5 Å². The summed E-state index contributed by atoms with van der Waals surface area (Å²) in [5, 5.41) is 1.18. The molecule has 0 aliphatic heterocycles.